The van der Waals surface area contributed by atoms with Crippen molar-refractivity contribution in [2.45, 2.75) is 58.1 Å². The maximum atomic E-state index is 6.21. The van der Waals surface area contributed by atoms with Gasteiger partial charge in [-0.05, 0) is 56.2 Å². The molecular formula is C18H29NO. The summed E-state index contributed by atoms with van der Waals surface area (Å²) in [6, 6.07) is 9.15. The van der Waals surface area contributed by atoms with E-state index >= 15 is 0 Å². The van der Waals surface area contributed by atoms with E-state index in [1.54, 1.807) is 0 Å². The Morgan fingerprint density at radius 1 is 1.30 bits per heavy atom. The SMILES string of the molecule is CNC1c2ccccc2CCCC1OCCCC(C)C. The predicted octanol–water partition coefficient (Wildman–Crippen LogP) is 4.10. The number of benzene rings is 1. The lowest BCUT2D eigenvalue weighted by Crippen LogP contribution is -2.31. The Kier molecular flexibility index (Phi) is 6.06. The van der Waals surface area contributed by atoms with Crippen molar-refractivity contribution >= 4 is 0 Å². The van der Waals surface area contributed by atoms with Crippen molar-refractivity contribution in [2.75, 3.05) is 13.7 Å². The molecule has 1 aromatic rings. The number of likely N-dealkylation sites (N-methyl/N-ethyl adjacent to an activating group) is 1. The van der Waals surface area contributed by atoms with E-state index in [2.05, 4.69) is 50.5 Å². The molecule has 1 N–H and O–H groups in total. The minimum atomic E-state index is 0.316. The Balaban J connectivity index is 1.98. The number of ether oxygens (including phenoxy) is 1. The van der Waals surface area contributed by atoms with Gasteiger partial charge in [0, 0.05) is 6.61 Å². The van der Waals surface area contributed by atoms with Crippen molar-refractivity contribution in [3.63, 3.8) is 0 Å². The maximum Gasteiger partial charge on any atom is 0.0769 e. The van der Waals surface area contributed by atoms with Gasteiger partial charge in [0.2, 0.25) is 0 Å². The highest BCUT2D eigenvalue weighted by Crippen LogP contribution is 2.30. The summed E-state index contributed by atoms with van der Waals surface area (Å²) < 4.78 is 6.21. The number of hydrogen-bond acceptors (Lipinski definition) is 2. The van der Waals surface area contributed by atoms with E-state index in [9.17, 15) is 0 Å². The second-order valence-corrected chi connectivity index (χ2v) is 6.30. The number of rotatable bonds is 6. The summed E-state index contributed by atoms with van der Waals surface area (Å²) in [5.41, 5.74) is 2.92. The summed E-state index contributed by atoms with van der Waals surface area (Å²) >= 11 is 0. The molecule has 20 heavy (non-hydrogen) atoms. The highest BCUT2D eigenvalue weighted by Gasteiger charge is 2.26. The van der Waals surface area contributed by atoms with E-state index in [-0.39, 0.29) is 0 Å². The molecular weight excluding hydrogens is 246 g/mol. The van der Waals surface area contributed by atoms with Gasteiger partial charge in [0.15, 0.2) is 0 Å². The van der Waals surface area contributed by atoms with Crippen LogP contribution in [-0.2, 0) is 11.2 Å². The van der Waals surface area contributed by atoms with E-state index in [1.165, 1.54) is 36.8 Å². The van der Waals surface area contributed by atoms with Gasteiger partial charge < -0.3 is 10.1 Å². The topological polar surface area (TPSA) is 21.3 Å². The Labute approximate surface area is 123 Å². The van der Waals surface area contributed by atoms with Crippen LogP contribution in [0.1, 0.15) is 56.7 Å². The molecule has 0 amide bonds. The third kappa shape index (κ3) is 4.07. The lowest BCUT2D eigenvalue weighted by atomic mass is 9.98. The molecule has 0 aliphatic heterocycles. The fraction of sp³-hybridized carbons (Fsp3) is 0.667. The van der Waals surface area contributed by atoms with Crippen LogP contribution in [0.3, 0.4) is 0 Å². The normalized spacial score (nSPS) is 22.6. The van der Waals surface area contributed by atoms with Crippen LogP contribution in [0, 0.1) is 5.92 Å². The first-order valence-electron chi connectivity index (χ1n) is 8.09. The minimum Gasteiger partial charge on any atom is -0.376 e. The molecule has 0 aromatic heterocycles. The molecule has 0 bridgehead atoms. The largest absolute Gasteiger partial charge is 0.376 e. The summed E-state index contributed by atoms with van der Waals surface area (Å²) in [6.45, 7) is 5.44. The average molecular weight is 275 g/mol. The van der Waals surface area contributed by atoms with Crippen LogP contribution in [0.5, 0.6) is 0 Å². The van der Waals surface area contributed by atoms with Crippen LogP contribution in [0.4, 0.5) is 0 Å². The van der Waals surface area contributed by atoms with Crippen molar-refractivity contribution in [3.05, 3.63) is 35.4 Å². The molecule has 1 aliphatic carbocycles. The van der Waals surface area contributed by atoms with E-state index < -0.39 is 0 Å². The van der Waals surface area contributed by atoms with Gasteiger partial charge in [0.25, 0.3) is 0 Å². The van der Waals surface area contributed by atoms with Gasteiger partial charge in [-0.1, -0.05) is 38.1 Å². The standard InChI is InChI=1S/C18H29NO/c1-14(2)8-7-13-20-17-12-6-10-15-9-4-5-11-16(15)18(17)19-3/h4-5,9,11,14,17-19H,6-8,10,12-13H2,1-3H3. The van der Waals surface area contributed by atoms with Crippen LogP contribution < -0.4 is 5.32 Å². The molecule has 2 rings (SSSR count). The molecule has 2 unspecified atom stereocenters. The molecule has 0 saturated heterocycles. The van der Waals surface area contributed by atoms with Gasteiger partial charge >= 0.3 is 0 Å². The van der Waals surface area contributed by atoms with E-state index in [1.807, 2.05) is 0 Å². The predicted molar refractivity (Wildman–Crippen MR) is 85.0 cm³/mol. The quantitative estimate of drug-likeness (QED) is 0.623. The number of nitrogens with one attached hydrogen (secondary N) is 1. The first-order valence-corrected chi connectivity index (χ1v) is 8.09. The molecule has 1 aliphatic rings. The Bertz CT molecular complexity index is 402. The van der Waals surface area contributed by atoms with Crippen molar-refractivity contribution in [3.8, 4) is 0 Å². The average Bonchev–Trinajstić information content (AvgIpc) is 2.62. The number of hydrogen-bond donors (Lipinski definition) is 1. The van der Waals surface area contributed by atoms with Gasteiger partial charge in [-0.3, -0.25) is 0 Å². The van der Waals surface area contributed by atoms with Crippen LogP contribution in [0.15, 0.2) is 24.3 Å². The molecule has 0 saturated carbocycles. The van der Waals surface area contributed by atoms with Gasteiger partial charge in [-0.15, -0.1) is 0 Å². The molecule has 1 aromatic carbocycles. The van der Waals surface area contributed by atoms with Crippen LogP contribution in [0.25, 0.3) is 0 Å². The smallest absolute Gasteiger partial charge is 0.0769 e. The lowest BCUT2D eigenvalue weighted by Gasteiger charge is -2.26. The third-order valence-electron chi connectivity index (χ3n) is 4.27. The molecule has 0 fully saturated rings. The molecule has 2 atom stereocenters. The van der Waals surface area contributed by atoms with Crippen molar-refractivity contribution in [2.24, 2.45) is 5.92 Å². The van der Waals surface area contributed by atoms with Crippen LogP contribution in [-0.4, -0.2) is 19.8 Å². The molecule has 0 radical (unpaired) electrons. The third-order valence-corrected chi connectivity index (χ3v) is 4.27. The summed E-state index contributed by atoms with van der Waals surface area (Å²) in [4.78, 5) is 0. The summed E-state index contributed by atoms with van der Waals surface area (Å²) in [5.74, 6) is 0.772. The molecule has 0 spiro atoms. The molecule has 2 nitrogen and oxygen atoms in total. The van der Waals surface area contributed by atoms with Crippen LogP contribution in [0.2, 0.25) is 0 Å². The monoisotopic (exact) mass is 275 g/mol. The summed E-state index contributed by atoms with van der Waals surface area (Å²) in [5, 5.41) is 3.47. The molecule has 0 heterocycles. The van der Waals surface area contributed by atoms with E-state index in [0.717, 1.165) is 18.9 Å². The fourth-order valence-corrected chi connectivity index (χ4v) is 3.17. The van der Waals surface area contributed by atoms with Gasteiger partial charge in [0.1, 0.15) is 0 Å². The second-order valence-electron chi connectivity index (χ2n) is 6.30. The lowest BCUT2D eigenvalue weighted by molar-refractivity contribution is 0.0197. The summed E-state index contributed by atoms with van der Waals surface area (Å²) in [6.07, 6.45) is 6.31. The fourth-order valence-electron chi connectivity index (χ4n) is 3.17. The van der Waals surface area contributed by atoms with Gasteiger partial charge in [-0.25, -0.2) is 0 Å². The van der Waals surface area contributed by atoms with Crippen molar-refractivity contribution in [1.82, 2.24) is 5.32 Å². The number of fused-ring (bicyclic) bond motifs is 1. The molecule has 112 valence electrons. The van der Waals surface area contributed by atoms with Crippen LogP contribution >= 0.6 is 0 Å². The van der Waals surface area contributed by atoms with Crippen molar-refractivity contribution < 1.29 is 4.74 Å². The Morgan fingerprint density at radius 3 is 2.85 bits per heavy atom. The Hall–Kier alpha value is -0.860. The van der Waals surface area contributed by atoms with E-state index in [4.69, 9.17) is 4.74 Å². The maximum absolute atomic E-state index is 6.21. The van der Waals surface area contributed by atoms with Crippen molar-refractivity contribution in [1.29, 1.82) is 0 Å². The van der Waals surface area contributed by atoms with E-state index in [0.29, 0.717) is 12.1 Å². The first-order chi connectivity index (χ1) is 9.72. The van der Waals surface area contributed by atoms with Gasteiger partial charge in [0.05, 0.1) is 12.1 Å². The van der Waals surface area contributed by atoms with Gasteiger partial charge in [-0.2, -0.15) is 0 Å². The minimum absolute atomic E-state index is 0.316. The number of aryl methyl sites for hydroxylation is 1. The second kappa shape index (κ2) is 7.80. The highest BCUT2D eigenvalue weighted by molar-refractivity contribution is 5.32. The zero-order valence-electron chi connectivity index (χ0n) is 13.2. The zero-order valence-corrected chi connectivity index (χ0v) is 13.2. The molecule has 2 heteroatoms. The Morgan fingerprint density at radius 2 is 2.10 bits per heavy atom. The summed E-state index contributed by atoms with van der Waals surface area (Å²) in [7, 11) is 2.05. The first kappa shape index (κ1) is 15.5. The highest BCUT2D eigenvalue weighted by atomic mass is 16.5. The zero-order chi connectivity index (χ0) is 14.4.